The summed E-state index contributed by atoms with van der Waals surface area (Å²) >= 11 is 0. The smallest absolute Gasteiger partial charge is 0.143 e. The van der Waals surface area contributed by atoms with Gasteiger partial charge in [-0.3, -0.25) is 0 Å². The normalized spacial score (nSPS) is 13.2. The van der Waals surface area contributed by atoms with Crippen LogP contribution in [0.2, 0.25) is 0 Å². The Morgan fingerprint density at radius 3 is 1.68 bits per heavy atom. The molecule has 0 saturated heterocycles. The van der Waals surface area contributed by atoms with E-state index in [0.717, 1.165) is 38.8 Å². The van der Waals surface area contributed by atoms with Crippen LogP contribution in [0.1, 0.15) is 25.0 Å². The molecule has 11 rings (SSSR count). The lowest BCUT2D eigenvalue weighted by Gasteiger charge is -2.21. The molecule has 0 spiro atoms. The summed E-state index contributed by atoms with van der Waals surface area (Å²) in [6, 6.07) is 64.0. The van der Waals surface area contributed by atoms with E-state index in [2.05, 4.69) is 194 Å². The Kier molecular flexibility index (Phi) is 6.33. The highest BCUT2D eigenvalue weighted by Crippen LogP contribution is 2.53. The van der Waals surface area contributed by atoms with Crippen LogP contribution in [0.25, 0.3) is 93.9 Å². The minimum atomic E-state index is -0.0811. The minimum Gasteiger partial charge on any atom is -0.455 e. The van der Waals surface area contributed by atoms with E-state index in [9.17, 15) is 0 Å². The van der Waals surface area contributed by atoms with Crippen molar-refractivity contribution in [2.75, 3.05) is 0 Å². The molecule has 0 atom stereocenters. The van der Waals surface area contributed by atoms with Gasteiger partial charge in [-0.15, -0.1) is 0 Å². The van der Waals surface area contributed by atoms with E-state index in [1.807, 2.05) is 0 Å². The molecule has 0 amide bonds. The number of benzene rings is 8. The van der Waals surface area contributed by atoms with Crippen LogP contribution in [0.3, 0.4) is 0 Å². The van der Waals surface area contributed by atoms with Crippen molar-refractivity contribution in [3.8, 4) is 50.2 Å². The Morgan fingerprint density at radius 2 is 0.981 bits per heavy atom. The summed E-state index contributed by atoms with van der Waals surface area (Å²) in [4.78, 5) is 0. The molecule has 0 radical (unpaired) electrons. The number of hydrogen-bond acceptors (Lipinski definition) is 1. The maximum Gasteiger partial charge on any atom is 0.143 e. The van der Waals surface area contributed by atoms with Crippen LogP contribution in [0, 0.1) is 0 Å². The highest BCUT2D eigenvalue weighted by molar-refractivity contribution is 6.15. The average Bonchev–Trinajstić information content (AvgIpc) is 3.83. The summed E-state index contributed by atoms with van der Waals surface area (Å²) in [7, 11) is 0. The summed E-state index contributed by atoms with van der Waals surface area (Å²) < 4.78 is 9.42. The first-order valence-corrected chi connectivity index (χ1v) is 18.4. The van der Waals surface area contributed by atoms with E-state index in [-0.39, 0.29) is 5.41 Å². The van der Waals surface area contributed by atoms with Crippen molar-refractivity contribution in [3.63, 3.8) is 0 Å². The Balaban J connectivity index is 1.11. The molecule has 2 heterocycles. The Hall–Kier alpha value is -6.64. The molecular formula is C51H35NO. The van der Waals surface area contributed by atoms with Gasteiger partial charge < -0.3 is 8.98 Å². The van der Waals surface area contributed by atoms with Crippen LogP contribution in [0.5, 0.6) is 0 Å². The van der Waals surface area contributed by atoms with Gasteiger partial charge in [0.05, 0.1) is 11.0 Å². The number of aromatic nitrogens is 1. The van der Waals surface area contributed by atoms with E-state index < -0.39 is 0 Å². The zero-order chi connectivity index (χ0) is 35.3. The van der Waals surface area contributed by atoms with E-state index in [1.165, 1.54) is 66.3 Å². The fourth-order valence-electron chi connectivity index (χ4n) is 9.00. The van der Waals surface area contributed by atoms with E-state index in [0.29, 0.717) is 0 Å². The molecule has 2 aromatic heterocycles. The number of furan rings is 1. The van der Waals surface area contributed by atoms with Crippen LogP contribution < -0.4 is 0 Å². The summed E-state index contributed by atoms with van der Waals surface area (Å²) in [5.74, 6) is 0. The molecule has 1 aliphatic rings. The van der Waals surface area contributed by atoms with Crippen LogP contribution in [-0.4, -0.2) is 4.57 Å². The lowest BCUT2D eigenvalue weighted by Crippen LogP contribution is -2.14. The second-order valence-corrected chi connectivity index (χ2v) is 14.9. The maximum atomic E-state index is 7.01. The summed E-state index contributed by atoms with van der Waals surface area (Å²) in [6.07, 6.45) is 0. The fraction of sp³-hybridized carbons (Fsp3) is 0.0588. The second kappa shape index (κ2) is 11.2. The van der Waals surface area contributed by atoms with Gasteiger partial charge in [-0.1, -0.05) is 153 Å². The van der Waals surface area contributed by atoms with E-state index >= 15 is 0 Å². The van der Waals surface area contributed by atoms with Crippen molar-refractivity contribution in [3.05, 3.63) is 187 Å². The predicted molar refractivity (Wildman–Crippen MR) is 222 cm³/mol. The topological polar surface area (TPSA) is 18.1 Å². The van der Waals surface area contributed by atoms with Crippen molar-refractivity contribution in [2.24, 2.45) is 0 Å². The van der Waals surface area contributed by atoms with Crippen molar-refractivity contribution < 1.29 is 4.42 Å². The molecule has 53 heavy (non-hydrogen) atoms. The van der Waals surface area contributed by atoms with Gasteiger partial charge >= 0.3 is 0 Å². The van der Waals surface area contributed by atoms with Crippen molar-refractivity contribution >= 4 is 43.7 Å². The molecule has 2 heteroatoms. The molecule has 0 aliphatic heterocycles. The standard InChI is InChI=1S/C51H35NO/c1-51(2)44-22-10-9-19-41(44)48-45(51)26-25-40-39-21-12-20-38(49(39)53-50(40)48)36-17-11-18-37(29-36)52-46-27-23-34(32-13-5-3-6-14-32)30-42(46)43-31-35(24-28-47(43)52)33-15-7-4-8-16-33/h3-31H,1-2H3. The fourth-order valence-corrected chi connectivity index (χ4v) is 9.00. The van der Waals surface area contributed by atoms with Gasteiger partial charge in [-0.25, -0.2) is 0 Å². The Bertz CT molecular complexity index is 2970. The molecular weight excluding hydrogens is 643 g/mol. The first kappa shape index (κ1) is 30.0. The number of nitrogens with zero attached hydrogens (tertiary/aromatic N) is 1. The molecule has 0 unspecified atom stereocenters. The monoisotopic (exact) mass is 677 g/mol. The second-order valence-electron chi connectivity index (χ2n) is 14.9. The number of fused-ring (bicyclic) bond motifs is 10. The van der Waals surface area contributed by atoms with Gasteiger partial charge in [0.2, 0.25) is 0 Å². The summed E-state index contributed by atoms with van der Waals surface area (Å²) in [5, 5.41) is 4.78. The molecule has 2 nitrogen and oxygen atoms in total. The van der Waals surface area contributed by atoms with Crippen LogP contribution in [0.4, 0.5) is 0 Å². The predicted octanol–water partition coefficient (Wildman–Crippen LogP) is 14.0. The largest absolute Gasteiger partial charge is 0.455 e. The van der Waals surface area contributed by atoms with Gasteiger partial charge in [0, 0.05) is 43.8 Å². The molecule has 0 bridgehead atoms. The van der Waals surface area contributed by atoms with Crippen LogP contribution in [0.15, 0.2) is 180 Å². The number of hydrogen-bond donors (Lipinski definition) is 0. The zero-order valence-corrected chi connectivity index (χ0v) is 29.6. The molecule has 10 aromatic rings. The van der Waals surface area contributed by atoms with Gasteiger partial charge in [-0.05, 0) is 80.9 Å². The SMILES string of the molecule is CC1(C)c2ccccc2-c2c1ccc1c2oc2c(-c3cccc(-n4c5ccc(-c6ccccc6)cc5c5cc(-c6ccccc6)ccc54)c3)cccc21. The molecule has 8 aromatic carbocycles. The van der Waals surface area contributed by atoms with Gasteiger partial charge in [0.1, 0.15) is 11.2 Å². The van der Waals surface area contributed by atoms with Gasteiger partial charge in [0.25, 0.3) is 0 Å². The highest BCUT2D eigenvalue weighted by Gasteiger charge is 2.37. The van der Waals surface area contributed by atoms with Crippen LogP contribution >= 0.6 is 0 Å². The number of rotatable bonds is 4. The van der Waals surface area contributed by atoms with Crippen molar-refractivity contribution in [1.29, 1.82) is 0 Å². The van der Waals surface area contributed by atoms with Gasteiger partial charge in [-0.2, -0.15) is 0 Å². The maximum absolute atomic E-state index is 7.01. The Morgan fingerprint density at radius 1 is 0.396 bits per heavy atom. The third-order valence-electron chi connectivity index (χ3n) is 11.6. The summed E-state index contributed by atoms with van der Waals surface area (Å²) in [5.41, 5.74) is 17.6. The third-order valence-corrected chi connectivity index (χ3v) is 11.6. The molecule has 0 saturated carbocycles. The van der Waals surface area contributed by atoms with Gasteiger partial charge in [0.15, 0.2) is 0 Å². The quantitative estimate of drug-likeness (QED) is 0.181. The van der Waals surface area contributed by atoms with E-state index in [4.69, 9.17) is 4.42 Å². The zero-order valence-electron chi connectivity index (χ0n) is 29.6. The average molecular weight is 678 g/mol. The molecule has 0 N–H and O–H groups in total. The first-order chi connectivity index (χ1) is 26.0. The molecule has 1 aliphatic carbocycles. The number of para-hydroxylation sites is 1. The van der Waals surface area contributed by atoms with Crippen LogP contribution in [-0.2, 0) is 5.41 Å². The molecule has 0 fully saturated rings. The first-order valence-electron chi connectivity index (χ1n) is 18.4. The van der Waals surface area contributed by atoms with Crippen molar-refractivity contribution in [2.45, 2.75) is 19.3 Å². The lowest BCUT2D eigenvalue weighted by molar-refractivity contribution is 0.653. The molecule has 250 valence electrons. The highest BCUT2D eigenvalue weighted by atomic mass is 16.3. The minimum absolute atomic E-state index is 0.0811. The third kappa shape index (κ3) is 4.39. The van der Waals surface area contributed by atoms with Crippen molar-refractivity contribution in [1.82, 2.24) is 4.57 Å². The lowest BCUT2D eigenvalue weighted by atomic mass is 9.82. The summed E-state index contributed by atoms with van der Waals surface area (Å²) in [6.45, 7) is 4.64. The van der Waals surface area contributed by atoms with E-state index in [1.54, 1.807) is 0 Å². The Labute approximate surface area is 308 Å².